The van der Waals surface area contributed by atoms with Gasteiger partial charge in [0.15, 0.2) is 5.76 Å². The maximum Gasteiger partial charge on any atom is 0.306 e. The first-order valence-corrected chi connectivity index (χ1v) is 8.34. The molecule has 1 aliphatic heterocycles. The van der Waals surface area contributed by atoms with Crippen LogP contribution in [0, 0.1) is 0 Å². The first kappa shape index (κ1) is 18.2. The number of hydrogen-bond acceptors (Lipinski definition) is 8. The number of hydrogen-bond donors (Lipinski definition) is 1. The monoisotopic (exact) mass is 363 g/mol. The number of aromatic hydroxyl groups is 1. The highest BCUT2D eigenvalue weighted by atomic mass is 16.5. The fraction of sp³-hybridized carbons (Fsp3) is 0.444. The molecule has 0 unspecified atom stereocenters. The summed E-state index contributed by atoms with van der Waals surface area (Å²) in [7, 11) is 1.27. The summed E-state index contributed by atoms with van der Waals surface area (Å²) in [5.41, 5.74) is -0.559. The largest absolute Gasteiger partial charge is 0.502 e. The predicted molar refractivity (Wildman–Crippen MR) is 89.9 cm³/mol. The minimum absolute atomic E-state index is 0.00103. The lowest BCUT2D eigenvalue weighted by Crippen LogP contribution is -2.35. The normalized spacial score (nSPS) is 16.3. The molecule has 3 heterocycles. The SMILES string of the molecule is COC(=O)C[C@H](c1ccco1)c1oc(CN2CCOCC2)cc(=O)c1O. The quantitative estimate of drug-likeness (QED) is 0.770. The molecule has 26 heavy (non-hydrogen) atoms. The molecular formula is C18H21NO7. The maximum atomic E-state index is 12.2. The average molecular weight is 363 g/mol. The van der Waals surface area contributed by atoms with E-state index >= 15 is 0 Å². The number of furan rings is 1. The molecule has 0 bridgehead atoms. The number of carbonyl (C=O) groups is 1. The molecule has 0 radical (unpaired) electrons. The van der Waals surface area contributed by atoms with E-state index in [0.717, 1.165) is 13.1 Å². The third kappa shape index (κ3) is 4.14. The van der Waals surface area contributed by atoms with Gasteiger partial charge in [0, 0.05) is 19.2 Å². The minimum atomic E-state index is -0.755. The molecule has 3 rings (SSSR count). The van der Waals surface area contributed by atoms with Gasteiger partial charge < -0.3 is 23.4 Å². The van der Waals surface area contributed by atoms with Gasteiger partial charge in [0.05, 0.1) is 45.5 Å². The summed E-state index contributed by atoms with van der Waals surface area (Å²) in [6.45, 7) is 3.10. The third-order valence-electron chi connectivity index (χ3n) is 4.28. The summed E-state index contributed by atoms with van der Waals surface area (Å²) in [6, 6.07) is 4.58. The van der Waals surface area contributed by atoms with Crippen LogP contribution in [-0.4, -0.2) is 49.4 Å². The zero-order valence-electron chi connectivity index (χ0n) is 14.5. The second-order valence-corrected chi connectivity index (χ2v) is 6.03. The molecular weight excluding hydrogens is 342 g/mol. The van der Waals surface area contributed by atoms with E-state index in [-0.39, 0.29) is 12.2 Å². The number of rotatable bonds is 6. The van der Waals surface area contributed by atoms with Crippen molar-refractivity contribution in [2.45, 2.75) is 18.9 Å². The molecule has 0 aliphatic carbocycles. The van der Waals surface area contributed by atoms with E-state index in [1.54, 1.807) is 12.1 Å². The van der Waals surface area contributed by atoms with Crippen LogP contribution in [0.15, 0.2) is 38.1 Å². The van der Waals surface area contributed by atoms with Crippen molar-refractivity contribution in [1.29, 1.82) is 0 Å². The average Bonchev–Trinajstić information content (AvgIpc) is 3.18. The molecule has 2 aromatic heterocycles. The van der Waals surface area contributed by atoms with Crippen LogP contribution in [0.3, 0.4) is 0 Å². The van der Waals surface area contributed by atoms with Gasteiger partial charge in [-0.05, 0) is 12.1 Å². The van der Waals surface area contributed by atoms with Crippen molar-refractivity contribution in [3.8, 4) is 5.75 Å². The molecule has 1 atom stereocenters. The topological polar surface area (TPSA) is 102 Å². The van der Waals surface area contributed by atoms with Crippen LogP contribution in [0.1, 0.15) is 29.6 Å². The molecule has 1 aliphatic rings. The highest BCUT2D eigenvalue weighted by molar-refractivity contribution is 5.71. The van der Waals surface area contributed by atoms with Crippen molar-refractivity contribution in [2.24, 2.45) is 0 Å². The number of ether oxygens (including phenoxy) is 2. The predicted octanol–water partition coefficient (Wildman–Crippen LogP) is 1.47. The molecule has 2 aromatic rings. The minimum Gasteiger partial charge on any atom is -0.502 e. The fourth-order valence-electron chi connectivity index (χ4n) is 2.91. The zero-order chi connectivity index (χ0) is 18.5. The molecule has 140 valence electrons. The van der Waals surface area contributed by atoms with Gasteiger partial charge in [-0.2, -0.15) is 0 Å². The Bertz CT molecular complexity index is 790. The van der Waals surface area contributed by atoms with Crippen molar-refractivity contribution in [3.05, 3.63) is 52.0 Å². The molecule has 1 saturated heterocycles. The van der Waals surface area contributed by atoms with Crippen LogP contribution >= 0.6 is 0 Å². The lowest BCUT2D eigenvalue weighted by Gasteiger charge is -2.26. The Kier molecular flexibility index (Phi) is 5.75. The Hall–Kier alpha value is -2.58. The van der Waals surface area contributed by atoms with Gasteiger partial charge in [0.2, 0.25) is 11.2 Å². The fourth-order valence-corrected chi connectivity index (χ4v) is 2.91. The summed E-state index contributed by atoms with van der Waals surface area (Å²) in [6.07, 6.45) is 1.33. The number of morpholine rings is 1. The van der Waals surface area contributed by atoms with Crippen LogP contribution in [0.4, 0.5) is 0 Å². The van der Waals surface area contributed by atoms with Crippen LogP contribution < -0.4 is 5.43 Å². The van der Waals surface area contributed by atoms with E-state index in [0.29, 0.717) is 31.3 Å². The van der Waals surface area contributed by atoms with E-state index in [9.17, 15) is 14.7 Å². The molecule has 0 aromatic carbocycles. The molecule has 0 spiro atoms. The van der Waals surface area contributed by atoms with Crippen molar-refractivity contribution in [3.63, 3.8) is 0 Å². The summed E-state index contributed by atoms with van der Waals surface area (Å²) in [5, 5.41) is 10.2. The van der Waals surface area contributed by atoms with E-state index in [1.807, 2.05) is 0 Å². The maximum absolute atomic E-state index is 12.2. The molecule has 8 nitrogen and oxygen atoms in total. The summed E-state index contributed by atoms with van der Waals surface area (Å²) in [4.78, 5) is 26.1. The lowest BCUT2D eigenvalue weighted by molar-refractivity contribution is -0.141. The Balaban J connectivity index is 1.94. The van der Waals surface area contributed by atoms with E-state index < -0.39 is 23.1 Å². The summed E-state index contributed by atoms with van der Waals surface area (Å²) in [5.74, 6) is -0.979. The second kappa shape index (κ2) is 8.20. The number of esters is 1. The highest BCUT2D eigenvalue weighted by Crippen LogP contribution is 2.33. The third-order valence-corrected chi connectivity index (χ3v) is 4.28. The van der Waals surface area contributed by atoms with E-state index in [1.165, 1.54) is 19.4 Å². The van der Waals surface area contributed by atoms with Crippen molar-refractivity contribution in [2.75, 3.05) is 33.4 Å². The standard InChI is InChI=1S/C18H21NO7/c1-23-16(21)10-13(15-3-2-6-25-15)18-17(22)14(20)9-12(26-18)11-19-4-7-24-8-5-19/h2-3,6,9,13,22H,4-5,7-8,10-11H2,1H3/t13-/m1/s1. The van der Waals surface area contributed by atoms with Crippen molar-refractivity contribution >= 4 is 5.97 Å². The first-order valence-electron chi connectivity index (χ1n) is 8.34. The smallest absolute Gasteiger partial charge is 0.306 e. The molecule has 0 saturated carbocycles. The molecule has 0 amide bonds. The van der Waals surface area contributed by atoms with Gasteiger partial charge in [-0.1, -0.05) is 0 Å². The first-order chi connectivity index (χ1) is 12.6. The van der Waals surface area contributed by atoms with E-state index in [4.69, 9.17) is 18.3 Å². The van der Waals surface area contributed by atoms with Gasteiger partial charge in [-0.25, -0.2) is 0 Å². The Morgan fingerprint density at radius 3 is 2.81 bits per heavy atom. The highest BCUT2D eigenvalue weighted by Gasteiger charge is 2.29. The Morgan fingerprint density at radius 2 is 2.15 bits per heavy atom. The van der Waals surface area contributed by atoms with Crippen LogP contribution in [0.5, 0.6) is 5.75 Å². The Labute approximate surface area is 149 Å². The second-order valence-electron chi connectivity index (χ2n) is 6.03. The van der Waals surface area contributed by atoms with Crippen molar-refractivity contribution in [1.82, 2.24) is 4.90 Å². The van der Waals surface area contributed by atoms with Gasteiger partial charge in [0.1, 0.15) is 11.5 Å². The number of methoxy groups -OCH3 is 1. The molecule has 1 N–H and O–H groups in total. The van der Waals surface area contributed by atoms with Crippen molar-refractivity contribution < 1.29 is 28.2 Å². The summed E-state index contributed by atoms with van der Waals surface area (Å²) >= 11 is 0. The number of nitrogens with zero attached hydrogens (tertiary/aromatic N) is 1. The lowest BCUT2D eigenvalue weighted by atomic mass is 9.98. The van der Waals surface area contributed by atoms with Crippen LogP contribution in [0.2, 0.25) is 0 Å². The van der Waals surface area contributed by atoms with Crippen LogP contribution in [0.25, 0.3) is 0 Å². The van der Waals surface area contributed by atoms with Gasteiger partial charge in [-0.15, -0.1) is 0 Å². The summed E-state index contributed by atoms with van der Waals surface area (Å²) < 4.78 is 21.2. The van der Waals surface area contributed by atoms with Gasteiger partial charge in [0.25, 0.3) is 0 Å². The molecule has 1 fully saturated rings. The molecule has 8 heteroatoms. The van der Waals surface area contributed by atoms with E-state index in [2.05, 4.69) is 4.90 Å². The Morgan fingerprint density at radius 1 is 1.38 bits per heavy atom. The number of carbonyl (C=O) groups excluding carboxylic acids is 1. The van der Waals surface area contributed by atoms with Crippen LogP contribution in [-0.2, 0) is 20.8 Å². The van der Waals surface area contributed by atoms with Gasteiger partial charge >= 0.3 is 5.97 Å². The van der Waals surface area contributed by atoms with Gasteiger partial charge in [-0.3, -0.25) is 14.5 Å². The zero-order valence-corrected chi connectivity index (χ0v) is 14.5.